The lowest BCUT2D eigenvalue weighted by molar-refractivity contribution is -0.118. The van der Waals surface area contributed by atoms with E-state index in [2.05, 4.69) is 15.6 Å². The highest BCUT2D eigenvalue weighted by Crippen LogP contribution is 2.30. The van der Waals surface area contributed by atoms with Crippen molar-refractivity contribution >= 4 is 45.7 Å². The standard InChI is InChI=1S/C28H27N3O4S2/c1-3-25(27(33)31-28-30-24(18-36-28)19-12-14-21(34-2)15-13-19)37-23-11-7-8-20(16-23)29-26(32)17-35-22-9-5-4-6-10-22/h4-16,18,25H,3,17H2,1-2H3,(H,29,32)(H,30,31,33). The first-order valence-electron chi connectivity index (χ1n) is 11.7. The first-order chi connectivity index (χ1) is 18.0. The zero-order valence-electron chi connectivity index (χ0n) is 20.5. The van der Waals surface area contributed by atoms with Gasteiger partial charge in [0.1, 0.15) is 11.5 Å². The largest absolute Gasteiger partial charge is 0.497 e. The molecule has 0 aliphatic carbocycles. The molecule has 1 unspecified atom stereocenters. The second-order valence-electron chi connectivity index (χ2n) is 7.95. The van der Waals surface area contributed by atoms with E-state index in [1.807, 2.05) is 79.0 Å². The van der Waals surface area contributed by atoms with E-state index in [9.17, 15) is 9.59 Å². The molecule has 0 aliphatic rings. The number of nitrogens with one attached hydrogen (secondary N) is 2. The molecule has 0 saturated carbocycles. The second-order valence-corrected chi connectivity index (χ2v) is 10.1. The summed E-state index contributed by atoms with van der Waals surface area (Å²) in [5, 5.41) is 7.93. The van der Waals surface area contributed by atoms with Crippen molar-refractivity contribution < 1.29 is 19.1 Å². The maximum Gasteiger partial charge on any atom is 0.262 e. The molecule has 0 bridgehead atoms. The predicted octanol–water partition coefficient (Wildman–Crippen LogP) is 6.35. The molecule has 0 radical (unpaired) electrons. The van der Waals surface area contributed by atoms with E-state index in [1.165, 1.54) is 23.1 Å². The Morgan fingerprint density at radius 3 is 2.49 bits per heavy atom. The molecule has 1 aromatic heterocycles. The van der Waals surface area contributed by atoms with Gasteiger partial charge in [-0.15, -0.1) is 23.1 Å². The molecule has 4 aromatic rings. The summed E-state index contributed by atoms with van der Waals surface area (Å²) in [5.41, 5.74) is 2.39. The number of hydrogen-bond acceptors (Lipinski definition) is 7. The molecule has 0 aliphatic heterocycles. The molecule has 9 heteroatoms. The molecular formula is C28H27N3O4S2. The van der Waals surface area contributed by atoms with Crippen molar-refractivity contribution in [3.05, 3.63) is 84.2 Å². The second kappa shape index (κ2) is 12.9. The van der Waals surface area contributed by atoms with E-state index in [1.54, 1.807) is 19.2 Å². The fraction of sp³-hybridized carbons (Fsp3) is 0.179. The van der Waals surface area contributed by atoms with Gasteiger partial charge in [-0.25, -0.2) is 4.98 Å². The van der Waals surface area contributed by atoms with Crippen LogP contribution in [0.1, 0.15) is 13.3 Å². The van der Waals surface area contributed by atoms with Gasteiger partial charge in [0.15, 0.2) is 11.7 Å². The van der Waals surface area contributed by atoms with Crippen LogP contribution in [0.4, 0.5) is 10.8 Å². The Kier molecular flexibility index (Phi) is 9.18. The van der Waals surface area contributed by atoms with Gasteiger partial charge in [0.05, 0.1) is 18.1 Å². The predicted molar refractivity (Wildman–Crippen MR) is 150 cm³/mol. The average molecular weight is 534 g/mol. The van der Waals surface area contributed by atoms with E-state index in [0.29, 0.717) is 23.0 Å². The molecule has 3 aromatic carbocycles. The summed E-state index contributed by atoms with van der Waals surface area (Å²) < 4.78 is 10.7. The lowest BCUT2D eigenvalue weighted by atomic mass is 10.2. The summed E-state index contributed by atoms with van der Waals surface area (Å²) >= 11 is 2.83. The molecule has 4 rings (SSSR count). The maximum atomic E-state index is 13.0. The number of para-hydroxylation sites is 1. The van der Waals surface area contributed by atoms with Crippen LogP contribution in [0.5, 0.6) is 11.5 Å². The summed E-state index contributed by atoms with van der Waals surface area (Å²) in [7, 11) is 1.63. The number of methoxy groups -OCH3 is 1. The van der Waals surface area contributed by atoms with Crippen LogP contribution in [0, 0.1) is 0 Å². The molecule has 7 nitrogen and oxygen atoms in total. The number of carbonyl (C=O) groups is 2. The van der Waals surface area contributed by atoms with Crippen LogP contribution in [0.2, 0.25) is 0 Å². The Bertz CT molecular complexity index is 1330. The smallest absolute Gasteiger partial charge is 0.262 e. The number of thiazole rings is 1. The minimum absolute atomic E-state index is 0.0896. The molecule has 0 saturated heterocycles. The van der Waals surface area contributed by atoms with Gasteiger partial charge in [-0.1, -0.05) is 31.2 Å². The molecule has 1 atom stereocenters. The van der Waals surface area contributed by atoms with E-state index in [0.717, 1.165) is 21.9 Å². The molecule has 2 amide bonds. The highest BCUT2D eigenvalue weighted by molar-refractivity contribution is 8.00. The number of rotatable bonds is 11. The molecular weight excluding hydrogens is 506 g/mol. The van der Waals surface area contributed by atoms with E-state index < -0.39 is 0 Å². The van der Waals surface area contributed by atoms with E-state index in [4.69, 9.17) is 9.47 Å². The SMILES string of the molecule is CCC(Sc1cccc(NC(=O)COc2ccccc2)c1)C(=O)Nc1nc(-c2ccc(OC)cc2)cs1. The Hall–Kier alpha value is -3.82. The van der Waals surface area contributed by atoms with E-state index in [-0.39, 0.29) is 23.7 Å². The molecule has 37 heavy (non-hydrogen) atoms. The van der Waals surface area contributed by atoms with Gasteiger partial charge in [0.2, 0.25) is 5.91 Å². The van der Waals surface area contributed by atoms with Crippen molar-refractivity contribution in [1.82, 2.24) is 4.98 Å². The molecule has 0 spiro atoms. The quantitative estimate of drug-likeness (QED) is 0.219. The third-order valence-electron chi connectivity index (χ3n) is 5.29. The Morgan fingerprint density at radius 2 is 1.76 bits per heavy atom. The topological polar surface area (TPSA) is 89.5 Å². The van der Waals surface area contributed by atoms with Gasteiger partial charge < -0.3 is 20.1 Å². The first kappa shape index (κ1) is 26.2. The number of anilines is 2. The minimum Gasteiger partial charge on any atom is -0.497 e. The molecule has 0 fully saturated rings. The molecule has 2 N–H and O–H groups in total. The number of ether oxygens (including phenoxy) is 2. The average Bonchev–Trinajstić information content (AvgIpc) is 3.39. The van der Waals surface area contributed by atoms with Crippen LogP contribution in [-0.4, -0.2) is 35.8 Å². The van der Waals surface area contributed by atoms with Crippen LogP contribution in [0.3, 0.4) is 0 Å². The molecule has 190 valence electrons. The summed E-state index contributed by atoms with van der Waals surface area (Å²) in [4.78, 5) is 30.7. The monoisotopic (exact) mass is 533 g/mol. The fourth-order valence-corrected chi connectivity index (χ4v) is 5.14. The van der Waals surface area contributed by atoms with Crippen molar-refractivity contribution in [3.63, 3.8) is 0 Å². The number of aromatic nitrogens is 1. The highest BCUT2D eigenvalue weighted by Gasteiger charge is 2.20. The number of thioether (sulfide) groups is 1. The zero-order chi connectivity index (χ0) is 26.0. The van der Waals surface area contributed by atoms with Crippen molar-refractivity contribution in [2.24, 2.45) is 0 Å². The summed E-state index contributed by atoms with van der Waals surface area (Å²) in [6.07, 6.45) is 0.634. The number of nitrogens with zero attached hydrogens (tertiary/aromatic N) is 1. The summed E-state index contributed by atoms with van der Waals surface area (Å²) in [6, 6.07) is 24.2. The van der Waals surface area contributed by atoms with Crippen molar-refractivity contribution in [2.75, 3.05) is 24.4 Å². The Morgan fingerprint density at radius 1 is 0.973 bits per heavy atom. The highest BCUT2D eigenvalue weighted by atomic mass is 32.2. The zero-order valence-corrected chi connectivity index (χ0v) is 22.1. The lowest BCUT2D eigenvalue weighted by Crippen LogP contribution is -2.24. The third kappa shape index (κ3) is 7.58. The Labute approximate surface area is 224 Å². The maximum absolute atomic E-state index is 13.0. The third-order valence-corrected chi connectivity index (χ3v) is 7.41. The Balaban J connectivity index is 1.32. The van der Waals surface area contributed by atoms with E-state index >= 15 is 0 Å². The van der Waals surface area contributed by atoms with Gasteiger partial charge in [-0.3, -0.25) is 9.59 Å². The minimum atomic E-state index is -0.319. The van der Waals surface area contributed by atoms with Crippen LogP contribution in [-0.2, 0) is 9.59 Å². The van der Waals surface area contributed by atoms with Gasteiger partial charge in [-0.2, -0.15) is 0 Å². The van der Waals surface area contributed by atoms with Crippen LogP contribution < -0.4 is 20.1 Å². The number of amides is 2. The van der Waals surface area contributed by atoms with Gasteiger partial charge in [-0.05, 0) is 61.0 Å². The van der Waals surface area contributed by atoms with Crippen molar-refractivity contribution in [1.29, 1.82) is 0 Å². The number of carbonyl (C=O) groups excluding carboxylic acids is 2. The van der Waals surface area contributed by atoms with Crippen LogP contribution >= 0.6 is 23.1 Å². The van der Waals surface area contributed by atoms with Gasteiger partial charge >= 0.3 is 0 Å². The molecule has 1 heterocycles. The van der Waals surface area contributed by atoms with Crippen molar-refractivity contribution in [3.8, 4) is 22.8 Å². The summed E-state index contributed by atoms with van der Waals surface area (Å²) in [5.74, 6) is 1.04. The summed E-state index contributed by atoms with van der Waals surface area (Å²) in [6.45, 7) is 1.88. The van der Waals surface area contributed by atoms with Crippen molar-refractivity contribution in [2.45, 2.75) is 23.5 Å². The lowest BCUT2D eigenvalue weighted by Gasteiger charge is -2.14. The fourth-order valence-electron chi connectivity index (χ4n) is 3.41. The first-order valence-corrected chi connectivity index (χ1v) is 13.4. The normalized spacial score (nSPS) is 11.4. The van der Waals surface area contributed by atoms with Crippen LogP contribution in [0.15, 0.2) is 89.1 Å². The van der Waals surface area contributed by atoms with Gasteiger partial charge in [0.25, 0.3) is 5.91 Å². The van der Waals surface area contributed by atoms with Crippen LogP contribution in [0.25, 0.3) is 11.3 Å². The number of hydrogen-bond donors (Lipinski definition) is 2. The number of benzene rings is 3. The van der Waals surface area contributed by atoms with Gasteiger partial charge in [0, 0.05) is 21.5 Å².